The van der Waals surface area contributed by atoms with Gasteiger partial charge in [0.1, 0.15) is 13.2 Å². The molecule has 1 atom stereocenters. The molecule has 0 saturated heterocycles. The van der Waals surface area contributed by atoms with E-state index in [4.69, 9.17) is 14.2 Å². The smallest absolute Gasteiger partial charge is 0.306 e. The predicted molar refractivity (Wildman–Crippen MR) is 362 cm³/mol. The lowest BCUT2D eigenvalue weighted by Crippen LogP contribution is -2.30. The Morgan fingerprint density at radius 1 is 0.241 bits per heavy atom. The normalized spacial score (nSPS) is 12.3. The van der Waals surface area contributed by atoms with E-state index < -0.39 is 6.10 Å². The van der Waals surface area contributed by atoms with Crippen molar-refractivity contribution < 1.29 is 28.6 Å². The van der Waals surface area contributed by atoms with Crippen molar-refractivity contribution in [2.45, 2.75) is 412 Å². The summed E-state index contributed by atoms with van der Waals surface area (Å²) >= 11 is 0. The van der Waals surface area contributed by atoms with Gasteiger partial charge in [-0.05, 0) is 83.5 Å². The lowest BCUT2D eigenvalue weighted by Gasteiger charge is -2.18. The van der Waals surface area contributed by atoms with Crippen molar-refractivity contribution >= 4 is 17.9 Å². The van der Waals surface area contributed by atoms with Crippen molar-refractivity contribution in [3.8, 4) is 0 Å². The van der Waals surface area contributed by atoms with Crippen molar-refractivity contribution in [2.24, 2.45) is 0 Å². The van der Waals surface area contributed by atoms with Crippen LogP contribution in [0.2, 0.25) is 0 Å². The molecule has 0 N–H and O–H groups in total. The molecule has 6 nitrogen and oxygen atoms in total. The monoisotopic (exact) mass is 1160 g/mol. The van der Waals surface area contributed by atoms with E-state index in [0.29, 0.717) is 19.3 Å². The predicted octanol–water partition coefficient (Wildman–Crippen LogP) is 25.7. The van der Waals surface area contributed by atoms with Crippen LogP contribution in [0.15, 0.2) is 48.6 Å². The Morgan fingerprint density at radius 3 is 0.687 bits per heavy atom. The van der Waals surface area contributed by atoms with E-state index in [-0.39, 0.29) is 31.1 Å². The van der Waals surface area contributed by atoms with Gasteiger partial charge < -0.3 is 14.2 Å². The van der Waals surface area contributed by atoms with Gasteiger partial charge in [-0.25, -0.2) is 0 Å². The highest BCUT2D eigenvalue weighted by atomic mass is 16.6. The maximum absolute atomic E-state index is 13.0. The number of unbranched alkanes of at least 4 members (excludes halogenated alkanes) is 50. The van der Waals surface area contributed by atoms with E-state index in [2.05, 4.69) is 69.4 Å². The number of hydrogen-bond donors (Lipinski definition) is 0. The average molecular weight is 1160 g/mol. The fourth-order valence-corrected chi connectivity index (χ4v) is 11.2. The summed E-state index contributed by atoms with van der Waals surface area (Å²) in [5.74, 6) is -0.844. The third-order valence-corrected chi connectivity index (χ3v) is 16.8. The first-order chi connectivity index (χ1) is 41.0. The van der Waals surface area contributed by atoms with E-state index in [9.17, 15) is 14.4 Å². The molecule has 0 aliphatic rings. The molecule has 1 unspecified atom stereocenters. The molecule has 0 fully saturated rings. The van der Waals surface area contributed by atoms with E-state index in [0.717, 1.165) is 70.6 Å². The summed E-state index contributed by atoms with van der Waals surface area (Å²) in [5.41, 5.74) is 0. The van der Waals surface area contributed by atoms with Gasteiger partial charge in [0.2, 0.25) is 0 Å². The third kappa shape index (κ3) is 70.0. The highest BCUT2D eigenvalue weighted by Crippen LogP contribution is 2.19. The molecule has 0 aromatic heterocycles. The van der Waals surface area contributed by atoms with Gasteiger partial charge >= 0.3 is 17.9 Å². The molecule has 6 heteroatoms. The lowest BCUT2D eigenvalue weighted by molar-refractivity contribution is -0.167. The number of rotatable bonds is 69. The van der Waals surface area contributed by atoms with Crippen LogP contribution in [0, 0.1) is 0 Å². The Labute approximate surface area is 518 Å². The Kier molecular flexibility index (Phi) is 69.6. The fourth-order valence-electron chi connectivity index (χ4n) is 11.2. The molecule has 0 radical (unpaired) electrons. The van der Waals surface area contributed by atoms with Crippen LogP contribution in [-0.2, 0) is 28.6 Å². The molecule has 0 heterocycles. The summed E-state index contributed by atoms with van der Waals surface area (Å²) in [5, 5.41) is 0. The van der Waals surface area contributed by atoms with Crippen LogP contribution in [0.25, 0.3) is 0 Å². The van der Waals surface area contributed by atoms with Crippen molar-refractivity contribution in [3.63, 3.8) is 0 Å². The highest BCUT2D eigenvalue weighted by molar-refractivity contribution is 5.71. The fraction of sp³-hybridized carbons (Fsp3) is 0.857. The molecule has 0 rings (SSSR count). The second kappa shape index (κ2) is 71.8. The molecule has 0 aromatic rings. The number of esters is 3. The van der Waals surface area contributed by atoms with Gasteiger partial charge in [0.25, 0.3) is 0 Å². The van der Waals surface area contributed by atoms with Gasteiger partial charge in [-0.2, -0.15) is 0 Å². The largest absolute Gasteiger partial charge is 0.462 e. The topological polar surface area (TPSA) is 78.9 Å². The lowest BCUT2D eigenvalue weighted by atomic mass is 10.0. The Morgan fingerprint density at radius 2 is 0.434 bits per heavy atom. The minimum Gasteiger partial charge on any atom is -0.462 e. The molecular formula is C77H142O6. The third-order valence-electron chi connectivity index (χ3n) is 16.8. The summed E-state index contributed by atoms with van der Waals surface area (Å²) < 4.78 is 17.0. The second-order valence-corrected chi connectivity index (χ2v) is 25.2. The summed E-state index contributed by atoms with van der Waals surface area (Å²) in [6, 6.07) is 0. The molecule has 486 valence electrons. The van der Waals surface area contributed by atoms with Crippen LogP contribution >= 0.6 is 0 Å². The molecule has 0 bridgehead atoms. The molecular weight excluding hydrogens is 1020 g/mol. The van der Waals surface area contributed by atoms with E-state index in [1.165, 1.54) is 295 Å². The van der Waals surface area contributed by atoms with Gasteiger partial charge in [0.05, 0.1) is 0 Å². The van der Waals surface area contributed by atoms with Crippen LogP contribution in [0.5, 0.6) is 0 Å². The van der Waals surface area contributed by atoms with E-state index in [1.54, 1.807) is 0 Å². The Bertz CT molecular complexity index is 1430. The van der Waals surface area contributed by atoms with E-state index in [1.807, 2.05) is 0 Å². The Hall–Kier alpha value is -2.63. The zero-order valence-electron chi connectivity index (χ0n) is 56.0. The SMILES string of the molecule is CCCCCCC/C=C\C/C=C\C/C=C\CCCCCCCCCCCCCCCCC(=O)OCC(COC(=O)CCCCCCCCC/C=C\CCCCCCCC)OC(=O)CCCCCCCCCCCCCCCCCCCCC. The van der Waals surface area contributed by atoms with Gasteiger partial charge in [0, 0.05) is 19.3 Å². The summed E-state index contributed by atoms with van der Waals surface area (Å²) in [4.78, 5) is 38.5. The summed E-state index contributed by atoms with van der Waals surface area (Å²) in [6.45, 7) is 6.70. The zero-order valence-corrected chi connectivity index (χ0v) is 56.0. The minimum atomic E-state index is -0.774. The molecule has 0 aromatic carbocycles. The number of carbonyl (C=O) groups excluding carboxylic acids is 3. The van der Waals surface area contributed by atoms with Crippen molar-refractivity contribution in [1.82, 2.24) is 0 Å². The van der Waals surface area contributed by atoms with Crippen molar-refractivity contribution in [3.05, 3.63) is 48.6 Å². The first kappa shape index (κ1) is 80.4. The molecule has 0 saturated carbocycles. The van der Waals surface area contributed by atoms with Crippen LogP contribution in [0.3, 0.4) is 0 Å². The first-order valence-corrected chi connectivity index (χ1v) is 37.1. The number of hydrogen-bond acceptors (Lipinski definition) is 6. The maximum atomic E-state index is 13.0. The molecule has 83 heavy (non-hydrogen) atoms. The summed E-state index contributed by atoms with van der Waals surface area (Å²) in [6.07, 6.45) is 91.4. The molecule has 0 spiro atoms. The standard InChI is InChI=1S/C77H142O6/c1-4-7-10-13-16-19-22-25-28-31-33-34-35-36-37-38-39-40-41-42-44-46-49-52-55-58-61-64-67-70-76(79)82-73-74(72-81-75(78)69-66-63-60-57-54-51-48-45-30-27-24-21-18-15-12-9-6-3)83-77(80)71-68-65-62-59-56-53-50-47-43-32-29-26-23-20-17-14-11-8-5-2/h22,25,27,30-31,33,35-36,74H,4-21,23-24,26,28-29,32,34,37-73H2,1-3H3/b25-22-,30-27-,33-31-,36-35-. The zero-order chi connectivity index (χ0) is 59.9. The van der Waals surface area contributed by atoms with Gasteiger partial charge in [-0.15, -0.1) is 0 Å². The van der Waals surface area contributed by atoms with Crippen LogP contribution in [0.4, 0.5) is 0 Å². The summed E-state index contributed by atoms with van der Waals surface area (Å²) in [7, 11) is 0. The first-order valence-electron chi connectivity index (χ1n) is 37.1. The molecule has 0 aliphatic heterocycles. The van der Waals surface area contributed by atoms with Crippen molar-refractivity contribution in [2.75, 3.05) is 13.2 Å². The van der Waals surface area contributed by atoms with Gasteiger partial charge in [-0.1, -0.05) is 352 Å². The highest BCUT2D eigenvalue weighted by Gasteiger charge is 2.19. The van der Waals surface area contributed by atoms with Crippen LogP contribution < -0.4 is 0 Å². The molecule has 0 aliphatic carbocycles. The van der Waals surface area contributed by atoms with Crippen molar-refractivity contribution in [1.29, 1.82) is 0 Å². The second-order valence-electron chi connectivity index (χ2n) is 25.2. The number of carbonyl (C=O) groups is 3. The number of allylic oxidation sites excluding steroid dienone is 8. The number of ether oxygens (including phenoxy) is 3. The van der Waals surface area contributed by atoms with Gasteiger partial charge in [-0.3, -0.25) is 14.4 Å². The van der Waals surface area contributed by atoms with E-state index >= 15 is 0 Å². The minimum absolute atomic E-state index is 0.0696. The quantitative estimate of drug-likeness (QED) is 0.0261. The van der Waals surface area contributed by atoms with Gasteiger partial charge in [0.15, 0.2) is 6.10 Å². The average Bonchev–Trinajstić information content (AvgIpc) is 3.49. The van der Waals surface area contributed by atoms with Crippen LogP contribution in [0.1, 0.15) is 406 Å². The Balaban J connectivity index is 4.26. The van der Waals surface area contributed by atoms with Crippen LogP contribution in [-0.4, -0.2) is 37.2 Å². The molecule has 0 amide bonds. The maximum Gasteiger partial charge on any atom is 0.306 e.